The van der Waals surface area contributed by atoms with E-state index in [1.807, 2.05) is 0 Å². The number of nitrogens with zero attached hydrogens (tertiary/aromatic N) is 1. The molecule has 74 valence electrons. The van der Waals surface area contributed by atoms with E-state index >= 15 is 0 Å². The molecule has 1 atom stereocenters. The van der Waals surface area contributed by atoms with Crippen LogP contribution >= 0.6 is 12.2 Å². The van der Waals surface area contributed by atoms with Gasteiger partial charge < -0.3 is 10.5 Å². The highest BCUT2D eigenvalue weighted by Gasteiger charge is 2.28. The van der Waals surface area contributed by atoms with Crippen molar-refractivity contribution in [1.29, 1.82) is 0 Å². The second-order valence-corrected chi connectivity index (χ2v) is 3.55. The highest BCUT2D eigenvalue weighted by Crippen LogP contribution is 2.17. The molecule has 4 nitrogen and oxygen atoms in total. The number of rotatable bonds is 1. The quantitative estimate of drug-likeness (QED) is 0.642. The molecule has 1 saturated heterocycles. The van der Waals surface area contributed by atoms with Crippen LogP contribution in [0, 0.1) is 0 Å². The molecule has 0 radical (unpaired) electrons. The summed E-state index contributed by atoms with van der Waals surface area (Å²) in [6.07, 6.45) is 2.58. The fourth-order valence-corrected chi connectivity index (χ4v) is 1.81. The van der Waals surface area contributed by atoms with Gasteiger partial charge in [-0.3, -0.25) is 4.90 Å². The topological polar surface area (TPSA) is 55.6 Å². The monoisotopic (exact) mass is 202 g/mol. The zero-order chi connectivity index (χ0) is 9.84. The van der Waals surface area contributed by atoms with E-state index in [0.717, 1.165) is 19.3 Å². The number of amides is 1. The Morgan fingerprint density at radius 2 is 2.31 bits per heavy atom. The predicted octanol–water partition coefficient (Wildman–Crippen LogP) is 0.893. The second kappa shape index (κ2) is 4.41. The number of thiocarbonyl (C=S) groups is 1. The summed E-state index contributed by atoms with van der Waals surface area (Å²) in [5, 5.41) is 0. The lowest BCUT2D eigenvalue weighted by Crippen LogP contribution is -2.49. The van der Waals surface area contributed by atoms with Crippen molar-refractivity contribution in [3.05, 3.63) is 0 Å². The molecule has 1 heterocycles. The van der Waals surface area contributed by atoms with Gasteiger partial charge in [0, 0.05) is 6.54 Å². The fourth-order valence-electron chi connectivity index (χ4n) is 1.56. The predicted molar refractivity (Wildman–Crippen MR) is 53.5 cm³/mol. The third-order valence-corrected chi connectivity index (χ3v) is 2.51. The lowest BCUT2D eigenvalue weighted by Gasteiger charge is -2.33. The number of carbonyl (C=O) groups excluding carboxylic acids is 1. The van der Waals surface area contributed by atoms with E-state index in [-0.39, 0.29) is 12.1 Å². The molecule has 0 aromatic heterocycles. The first-order valence-electron chi connectivity index (χ1n) is 4.30. The van der Waals surface area contributed by atoms with Gasteiger partial charge in [-0.25, -0.2) is 4.79 Å². The van der Waals surface area contributed by atoms with Crippen LogP contribution in [0.4, 0.5) is 4.79 Å². The van der Waals surface area contributed by atoms with Crippen LogP contribution < -0.4 is 5.73 Å². The zero-order valence-corrected chi connectivity index (χ0v) is 8.47. The van der Waals surface area contributed by atoms with Gasteiger partial charge in [0.15, 0.2) is 0 Å². The molecule has 1 aliphatic heterocycles. The van der Waals surface area contributed by atoms with E-state index in [1.165, 1.54) is 7.11 Å². The molecule has 0 saturated carbocycles. The molecule has 1 aliphatic rings. The minimum atomic E-state index is -0.336. The minimum absolute atomic E-state index is 0.115. The summed E-state index contributed by atoms with van der Waals surface area (Å²) in [5.74, 6) is 0. The summed E-state index contributed by atoms with van der Waals surface area (Å²) < 4.78 is 4.64. The van der Waals surface area contributed by atoms with Crippen LogP contribution in [0.15, 0.2) is 0 Å². The van der Waals surface area contributed by atoms with Gasteiger partial charge in [-0.05, 0) is 19.3 Å². The third kappa shape index (κ3) is 2.30. The molecular weight excluding hydrogens is 188 g/mol. The highest BCUT2D eigenvalue weighted by molar-refractivity contribution is 7.80. The molecule has 0 aromatic carbocycles. The Morgan fingerprint density at radius 3 is 2.85 bits per heavy atom. The number of carbonyl (C=O) groups is 1. The third-order valence-electron chi connectivity index (χ3n) is 2.24. The molecule has 1 amide bonds. The van der Waals surface area contributed by atoms with Gasteiger partial charge in [-0.1, -0.05) is 12.2 Å². The van der Waals surface area contributed by atoms with Crippen LogP contribution in [0.3, 0.4) is 0 Å². The summed E-state index contributed by atoms with van der Waals surface area (Å²) in [4.78, 5) is 13.3. The van der Waals surface area contributed by atoms with Gasteiger partial charge in [-0.15, -0.1) is 0 Å². The van der Waals surface area contributed by atoms with Crippen molar-refractivity contribution in [1.82, 2.24) is 4.90 Å². The van der Waals surface area contributed by atoms with Crippen LogP contribution in [0.2, 0.25) is 0 Å². The first-order chi connectivity index (χ1) is 6.16. The smallest absolute Gasteiger partial charge is 0.410 e. The Labute approximate surface area is 83.0 Å². The van der Waals surface area contributed by atoms with E-state index < -0.39 is 0 Å². The second-order valence-electron chi connectivity index (χ2n) is 3.08. The molecule has 1 fully saturated rings. The summed E-state index contributed by atoms with van der Waals surface area (Å²) in [7, 11) is 1.37. The van der Waals surface area contributed by atoms with Gasteiger partial charge in [0.2, 0.25) is 0 Å². The number of methoxy groups -OCH3 is 1. The average Bonchev–Trinajstić information content (AvgIpc) is 2.16. The molecule has 5 heteroatoms. The number of piperidine rings is 1. The molecule has 1 unspecified atom stereocenters. The molecular formula is C8H14N2O2S. The Hall–Kier alpha value is -0.840. The SMILES string of the molecule is COC(=O)N1CCCCC1C(N)=S. The van der Waals surface area contributed by atoms with Crippen molar-refractivity contribution >= 4 is 23.3 Å². The van der Waals surface area contributed by atoms with Crippen LogP contribution in [-0.2, 0) is 4.74 Å². The highest BCUT2D eigenvalue weighted by atomic mass is 32.1. The van der Waals surface area contributed by atoms with Crippen molar-refractivity contribution in [3.63, 3.8) is 0 Å². The van der Waals surface area contributed by atoms with E-state index in [0.29, 0.717) is 11.5 Å². The van der Waals surface area contributed by atoms with Gasteiger partial charge in [0.25, 0.3) is 0 Å². The van der Waals surface area contributed by atoms with Crippen molar-refractivity contribution in [2.24, 2.45) is 5.73 Å². The number of likely N-dealkylation sites (tertiary alicyclic amines) is 1. The average molecular weight is 202 g/mol. The number of hydrogen-bond donors (Lipinski definition) is 1. The van der Waals surface area contributed by atoms with Gasteiger partial charge in [-0.2, -0.15) is 0 Å². The van der Waals surface area contributed by atoms with Crippen LogP contribution in [0.1, 0.15) is 19.3 Å². The lowest BCUT2D eigenvalue weighted by atomic mass is 10.0. The van der Waals surface area contributed by atoms with Crippen molar-refractivity contribution < 1.29 is 9.53 Å². The van der Waals surface area contributed by atoms with Gasteiger partial charge in [0.05, 0.1) is 18.1 Å². The molecule has 0 aliphatic carbocycles. The minimum Gasteiger partial charge on any atom is -0.453 e. The molecule has 2 N–H and O–H groups in total. The van der Waals surface area contributed by atoms with E-state index in [2.05, 4.69) is 4.74 Å². The van der Waals surface area contributed by atoms with E-state index in [9.17, 15) is 4.79 Å². The summed E-state index contributed by atoms with van der Waals surface area (Å²) in [6, 6.07) is -0.115. The summed E-state index contributed by atoms with van der Waals surface area (Å²) >= 11 is 4.89. The summed E-state index contributed by atoms with van der Waals surface area (Å²) in [6.45, 7) is 0.689. The first-order valence-corrected chi connectivity index (χ1v) is 4.71. The molecule has 13 heavy (non-hydrogen) atoms. The normalized spacial score (nSPS) is 22.5. The molecule has 0 aromatic rings. The molecule has 1 rings (SSSR count). The number of ether oxygens (including phenoxy) is 1. The Balaban J connectivity index is 2.67. The van der Waals surface area contributed by atoms with Crippen molar-refractivity contribution in [3.8, 4) is 0 Å². The largest absolute Gasteiger partial charge is 0.453 e. The summed E-state index contributed by atoms with van der Waals surface area (Å²) in [5.41, 5.74) is 5.53. The van der Waals surface area contributed by atoms with Crippen LogP contribution in [0.25, 0.3) is 0 Å². The molecule has 0 bridgehead atoms. The maximum absolute atomic E-state index is 11.3. The Kier molecular flexibility index (Phi) is 3.48. The van der Waals surface area contributed by atoms with Crippen molar-refractivity contribution in [2.45, 2.75) is 25.3 Å². The first kappa shape index (κ1) is 10.2. The fraction of sp³-hybridized carbons (Fsp3) is 0.750. The number of nitrogens with two attached hydrogens (primary N) is 1. The lowest BCUT2D eigenvalue weighted by molar-refractivity contribution is 0.105. The van der Waals surface area contributed by atoms with Crippen molar-refractivity contribution in [2.75, 3.05) is 13.7 Å². The van der Waals surface area contributed by atoms with E-state index in [4.69, 9.17) is 18.0 Å². The maximum atomic E-state index is 11.3. The standard InChI is InChI=1S/C8H14N2O2S/c1-12-8(11)10-5-3-2-4-6(10)7(9)13/h6H,2-5H2,1H3,(H2,9,13). The van der Waals surface area contributed by atoms with Gasteiger partial charge in [0.1, 0.15) is 0 Å². The molecule has 0 spiro atoms. The Bertz CT molecular complexity index is 220. The number of hydrogen-bond acceptors (Lipinski definition) is 3. The van der Waals surface area contributed by atoms with Gasteiger partial charge >= 0.3 is 6.09 Å². The van der Waals surface area contributed by atoms with Crippen LogP contribution in [0.5, 0.6) is 0 Å². The van der Waals surface area contributed by atoms with E-state index in [1.54, 1.807) is 4.90 Å². The maximum Gasteiger partial charge on any atom is 0.410 e. The van der Waals surface area contributed by atoms with Crippen LogP contribution in [-0.4, -0.2) is 35.7 Å². The Morgan fingerprint density at radius 1 is 1.62 bits per heavy atom. The zero-order valence-electron chi connectivity index (χ0n) is 7.66.